The van der Waals surface area contributed by atoms with E-state index in [1.165, 1.54) is 12.8 Å². The van der Waals surface area contributed by atoms with E-state index in [4.69, 9.17) is 0 Å². The summed E-state index contributed by atoms with van der Waals surface area (Å²) in [5.74, 6) is 1.55. The van der Waals surface area contributed by atoms with Gasteiger partial charge in [0.25, 0.3) is 0 Å². The standard InChI is InChI=1S/C16H23BrFN/c1-3-19-10-12-5-4-11(2)8-14(12)15-9-13(17)6-7-16(15)18/h6-7,9,11-12,14,19H,3-5,8,10H2,1-2H3. The highest BCUT2D eigenvalue weighted by Crippen LogP contribution is 2.41. The number of rotatable bonds is 4. The molecule has 2 rings (SSSR count). The second-order valence-electron chi connectivity index (χ2n) is 5.76. The number of hydrogen-bond donors (Lipinski definition) is 1. The van der Waals surface area contributed by atoms with Crippen LogP contribution in [0.25, 0.3) is 0 Å². The zero-order chi connectivity index (χ0) is 13.8. The van der Waals surface area contributed by atoms with Gasteiger partial charge >= 0.3 is 0 Å². The Labute approximate surface area is 124 Å². The summed E-state index contributed by atoms with van der Waals surface area (Å²) in [7, 11) is 0. The monoisotopic (exact) mass is 327 g/mol. The number of benzene rings is 1. The van der Waals surface area contributed by atoms with Gasteiger partial charge in [-0.25, -0.2) is 4.39 Å². The molecule has 1 saturated carbocycles. The van der Waals surface area contributed by atoms with E-state index in [-0.39, 0.29) is 5.82 Å². The lowest BCUT2D eigenvalue weighted by Crippen LogP contribution is -2.31. The fraction of sp³-hybridized carbons (Fsp3) is 0.625. The maximum absolute atomic E-state index is 14.1. The number of nitrogens with one attached hydrogen (secondary N) is 1. The average molecular weight is 328 g/mol. The number of hydrogen-bond acceptors (Lipinski definition) is 1. The summed E-state index contributed by atoms with van der Waals surface area (Å²) in [5.41, 5.74) is 0.892. The van der Waals surface area contributed by atoms with Crippen LogP contribution in [0.3, 0.4) is 0 Å². The molecule has 1 nitrogen and oxygen atoms in total. The quantitative estimate of drug-likeness (QED) is 0.843. The van der Waals surface area contributed by atoms with Gasteiger partial charge in [-0.3, -0.25) is 0 Å². The minimum atomic E-state index is -0.0520. The van der Waals surface area contributed by atoms with Gasteiger partial charge < -0.3 is 5.32 Å². The predicted molar refractivity (Wildman–Crippen MR) is 81.9 cm³/mol. The van der Waals surface area contributed by atoms with E-state index >= 15 is 0 Å². The fourth-order valence-electron chi connectivity index (χ4n) is 3.20. The normalized spacial score (nSPS) is 27.5. The summed E-state index contributed by atoms with van der Waals surface area (Å²) >= 11 is 3.47. The molecule has 1 aromatic rings. The number of halogens is 2. The maximum atomic E-state index is 14.1. The third-order valence-electron chi connectivity index (χ3n) is 4.27. The van der Waals surface area contributed by atoms with Crippen molar-refractivity contribution >= 4 is 15.9 Å². The molecule has 0 heterocycles. The van der Waals surface area contributed by atoms with Gasteiger partial charge in [-0.2, -0.15) is 0 Å². The van der Waals surface area contributed by atoms with Gasteiger partial charge in [0.1, 0.15) is 5.82 Å². The molecule has 1 aromatic carbocycles. The first-order chi connectivity index (χ1) is 9.11. The highest BCUT2D eigenvalue weighted by atomic mass is 79.9. The van der Waals surface area contributed by atoms with Crippen LogP contribution in [0.1, 0.15) is 44.6 Å². The van der Waals surface area contributed by atoms with Crippen molar-refractivity contribution in [3.63, 3.8) is 0 Å². The first kappa shape index (κ1) is 15.0. The minimum Gasteiger partial charge on any atom is -0.317 e. The van der Waals surface area contributed by atoms with Gasteiger partial charge in [0.05, 0.1) is 0 Å². The topological polar surface area (TPSA) is 12.0 Å². The molecule has 0 bridgehead atoms. The Morgan fingerprint density at radius 3 is 2.89 bits per heavy atom. The van der Waals surface area contributed by atoms with Crippen molar-refractivity contribution in [2.75, 3.05) is 13.1 Å². The van der Waals surface area contributed by atoms with Crippen LogP contribution >= 0.6 is 15.9 Å². The second-order valence-corrected chi connectivity index (χ2v) is 6.67. The molecule has 1 fully saturated rings. The van der Waals surface area contributed by atoms with Gasteiger partial charge in [-0.05, 0) is 67.4 Å². The van der Waals surface area contributed by atoms with Crippen molar-refractivity contribution in [2.24, 2.45) is 11.8 Å². The highest BCUT2D eigenvalue weighted by molar-refractivity contribution is 9.10. The summed E-state index contributed by atoms with van der Waals surface area (Å²) < 4.78 is 15.1. The van der Waals surface area contributed by atoms with Gasteiger partial charge in [-0.1, -0.05) is 36.2 Å². The van der Waals surface area contributed by atoms with Gasteiger partial charge in [-0.15, -0.1) is 0 Å². The Morgan fingerprint density at radius 1 is 1.37 bits per heavy atom. The minimum absolute atomic E-state index is 0.0520. The van der Waals surface area contributed by atoms with Crippen molar-refractivity contribution in [3.8, 4) is 0 Å². The van der Waals surface area contributed by atoms with E-state index in [1.54, 1.807) is 12.1 Å². The van der Waals surface area contributed by atoms with E-state index in [9.17, 15) is 4.39 Å². The van der Waals surface area contributed by atoms with Crippen molar-refractivity contribution in [1.29, 1.82) is 0 Å². The van der Waals surface area contributed by atoms with Gasteiger partial charge in [0.15, 0.2) is 0 Å². The molecule has 0 amide bonds. The third kappa shape index (κ3) is 3.79. The van der Waals surface area contributed by atoms with E-state index in [0.717, 1.165) is 29.5 Å². The summed E-state index contributed by atoms with van der Waals surface area (Å²) in [6, 6.07) is 5.34. The first-order valence-electron chi connectivity index (χ1n) is 7.27. The maximum Gasteiger partial charge on any atom is 0.126 e. The molecule has 3 heteroatoms. The Balaban J connectivity index is 2.23. The molecular weight excluding hydrogens is 305 g/mol. The SMILES string of the molecule is CCNCC1CCC(C)CC1c1cc(Br)ccc1F. The second kappa shape index (κ2) is 6.85. The van der Waals surface area contributed by atoms with Gasteiger partial charge in [0, 0.05) is 4.47 Å². The molecule has 3 unspecified atom stereocenters. The van der Waals surface area contributed by atoms with Crippen LogP contribution in [-0.2, 0) is 0 Å². The molecule has 1 aliphatic rings. The molecule has 0 aliphatic heterocycles. The van der Waals surface area contributed by atoms with Crippen molar-refractivity contribution in [3.05, 3.63) is 34.1 Å². The summed E-state index contributed by atoms with van der Waals surface area (Å²) in [6.45, 7) is 6.39. The van der Waals surface area contributed by atoms with Crippen LogP contribution in [0.2, 0.25) is 0 Å². The first-order valence-corrected chi connectivity index (χ1v) is 8.06. The Kier molecular flexibility index (Phi) is 5.40. The molecule has 1 aliphatic carbocycles. The molecule has 1 N–H and O–H groups in total. The lowest BCUT2D eigenvalue weighted by atomic mass is 9.71. The van der Waals surface area contributed by atoms with E-state index in [1.807, 2.05) is 6.07 Å². The van der Waals surface area contributed by atoms with Crippen molar-refractivity contribution in [1.82, 2.24) is 5.32 Å². The van der Waals surface area contributed by atoms with Crippen LogP contribution in [0.4, 0.5) is 4.39 Å². The molecule has 0 aromatic heterocycles. The molecule has 3 atom stereocenters. The highest BCUT2D eigenvalue weighted by Gasteiger charge is 2.31. The lowest BCUT2D eigenvalue weighted by molar-refractivity contribution is 0.239. The largest absolute Gasteiger partial charge is 0.317 e. The van der Waals surface area contributed by atoms with E-state index in [2.05, 4.69) is 35.1 Å². The summed E-state index contributed by atoms with van der Waals surface area (Å²) in [5, 5.41) is 3.43. The van der Waals surface area contributed by atoms with Crippen molar-refractivity contribution < 1.29 is 4.39 Å². The van der Waals surface area contributed by atoms with Crippen LogP contribution in [0.15, 0.2) is 22.7 Å². The molecule has 106 valence electrons. The summed E-state index contributed by atoms with van der Waals surface area (Å²) in [6.07, 6.45) is 3.57. The lowest BCUT2D eigenvalue weighted by Gasteiger charge is -2.35. The average Bonchev–Trinajstić information content (AvgIpc) is 2.40. The molecule has 0 spiro atoms. The molecule has 0 saturated heterocycles. The molecular formula is C16H23BrFN. The predicted octanol–water partition coefficient (Wildman–Crippen LogP) is 4.72. The zero-order valence-electron chi connectivity index (χ0n) is 11.8. The molecule has 19 heavy (non-hydrogen) atoms. The Hall–Kier alpha value is -0.410. The molecule has 0 radical (unpaired) electrons. The van der Waals surface area contributed by atoms with E-state index in [0.29, 0.717) is 17.8 Å². The smallest absolute Gasteiger partial charge is 0.126 e. The van der Waals surface area contributed by atoms with Crippen LogP contribution in [0.5, 0.6) is 0 Å². The van der Waals surface area contributed by atoms with Crippen LogP contribution < -0.4 is 5.32 Å². The Bertz CT molecular complexity index is 419. The fourth-order valence-corrected chi connectivity index (χ4v) is 3.58. The van der Waals surface area contributed by atoms with Gasteiger partial charge in [0.2, 0.25) is 0 Å². The van der Waals surface area contributed by atoms with Crippen LogP contribution in [0, 0.1) is 17.7 Å². The van der Waals surface area contributed by atoms with Crippen molar-refractivity contribution in [2.45, 2.75) is 39.0 Å². The van der Waals surface area contributed by atoms with Crippen LogP contribution in [-0.4, -0.2) is 13.1 Å². The Morgan fingerprint density at radius 2 is 2.16 bits per heavy atom. The third-order valence-corrected chi connectivity index (χ3v) is 4.76. The van der Waals surface area contributed by atoms with E-state index < -0.39 is 0 Å². The summed E-state index contributed by atoms with van der Waals surface area (Å²) in [4.78, 5) is 0. The zero-order valence-corrected chi connectivity index (χ0v) is 13.3.